The molecule has 0 aromatic rings. The van der Waals surface area contributed by atoms with Crippen LogP contribution in [-0.4, -0.2) is 17.3 Å². The highest BCUT2D eigenvalue weighted by Gasteiger charge is 2.43. The normalized spacial score (nSPS) is 33.0. The molecule has 2 heteroatoms. The number of hydrogen-bond donors (Lipinski definition) is 2. The molecular formula is C13H27NO. The van der Waals surface area contributed by atoms with Crippen molar-refractivity contribution in [3.05, 3.63) is 0 Å². The van der Waals surface area contributed by atoms with Crippen LogP contribution in [0.15, 0.2) is 0 Å². The fourth-order valence-electron chi connectivity index (χ4n) is 3.07. The third-order valence-corrected chi connectivity index (χ3v) is 4.60. The fourth-order valence-corrected chi connectivity index (χ4v) is 3.07. The van der Waals surface area contributed by atoms with Gasteiger partial charge in [-0.05, 0) is 57.3 Å². The topological polar surface area (TPSA) is 46.2 Å². The zero-order chi connectivity index (χ0) is 11.5. The van der Waals surface area contributed by atoms with Crippen LogP contribution in [0.2, 0.25) is 0 Å². The van der Waals surface area contributed by atoms with Crippen molar-refractivity contribution in [2.75, 3.05) is 6.61 Å². The molecule has 15 heavy (non-hydrogen) atoms. The van der Waals surface area contributed by atoms with Gasteiger partial charge in [0.05, 0.1) is 0 Å². The molecule has 0 unspecified atom stereocenters. The summed E-state index contributed by atoms with van der Waals surface area (Å²) in [6, 6.07) is 0. The number of nitrogens with two attached hydrogens (primary N) is 1. The fraction of sp³-hybridized carbons (Fsp3) is 1.00. The van der Waals surface area contributed by atoms with E-state index in [2.05, 4.69) is 20.8 Å². The zero-order valence-electron chi connectivity index (χ0n) is 10.6. The van der Waals surface area contributed by atoms with Gasteiger partial charge >= 0.3 is 0 Å². The highest BCUT2D eigenvalue weighted by atomic mass is 16.3. The van der Waals surface area contributed by atoms with Gasteiger partial charge in [0.2, 0.25) is 0 Å². The molecule has 1 rings (SSSR count). The van der Waals surface area contributed by atoms with E-state index < -0.39 is 0 Å². The summed E-state index contributed by atoms with van der Waals surface area (Å²) in [4.78, 5) is 0. The zero-order valence-corrected chi connectivity index (χ0v) is 10.6. The van der Waals surface area contributed by atoms with Crippen molar-refractivity contribution in [1.29, 1.82) is 0 Å². The molecule has 0 heterocycles. The molecule has 1 aliphatic rings. The SMILES string of the molecule is CCC1CCC(CCO)(C(C)(C)N)CC1. The largest absolute Gasteiger partial charge is 0.396 e. The van der Waals surface area contributed by atoms with Crippen LogP contribution in [0.1, 0.15) is 59.3 Å². The third kappa shape index (κ3) is 2.73. The third-order valence-electron chi connectivity index (χ3n) is 4.60. The molecule has 0 saturated heterocycles. The predicted molar refractivity (Wildman–Crippen MR) is 64.7 cm³/mol. The van der Waals surface area contributed by atoms with E-state index in [1.54, 1.807) is 0 Å². The van der Waals surface area contributed by atoms with Crippen molar-refractivity contribution in [1.82, 2.24) is 0 Å². The summed E-state index contributed by atoms with van der Waals surface area (Å²) in [5.41, 5.74) is 6.32. The molecule has 0 radical (unpaired) electrons. The van der Waals surface area contributed by atoms with Crippen LogP contribution in [0.25, 0.3) is 0 Å². The average molecular weight is 213 g/mol. The maximum absolute atomic E-state index is 9.21. The molecule has 90 valence electrons. The molecule has 0 bridgehead atoms. The lowest BCUT2D eigenvalue weighted by atomic mass is 9.59. The maximum atomic E-state index is 9.21. The summed E-state index contributed by atoms with van der Waals surface area (Å²) in [6.45, 7) is 6.79. The first-order valence-electron chi connectivity index (χ1n) is 6.35. The van der Waals surface area contributed by atoms with Gasteiger partial charge in [0.15, 0.2) is 0 Å². The van der Waals surface area contributed by atoms with Crippen LogP contribution in [0.4, 0.5) is 0 Å². The van der Waals surface area contributed by atoms with Crippen LogP contribution >= 0.6 is 0 Å². The minimum absolute atomic E-state index is 0.158. The van der Waals surface area contributed by atoms with Crippen molar-refractivity contribution in [2.45, 2.75) is 64.8 Å². The Labute approximate surface area is 94.2 Å². The second kappa shape index (κ2) is 4.84. The van der Waals surface area contributed by atoms with Gasteiger partial charge in [0.1, 0.15) is 0 Å². The second-order valence-corrected chi connectivity index (χ2v) is 5.83. The smallest absolute Gasteiger partial charge is 0.0437 e. The van der Waals surface area contributed by atoms with E-state index in [-0.39, 0.29) is 17.6 Å². The molecule has 0 aromatic carbocycles. The Kier molecular flexibility index (Phi) is 4.19. The van der Waals surface area contributed by atoms with Crippen molar-refractivity contribution >= 4 is 0 Å². The van der Waals surface area contributed by atoms with Crippen LogP contribution in [0.3, 0.4) is 0 Å². The molecule has 1 aliphatic carbocycles. The first kappa shape index (κ1) is 13.0. The van der Waals surface area contributed by atoms with Crippen molar-refractivity contribution in [3.63, 3.8) is 0 Å². The summed E-state index contributed by atoms with van der Waals surface area (Å²) in [6.07, 6.45) is 7.12. The van der Waals surface area contributed by atoms with E-state index in [0.717, 1.165) is 12.3 Å². The number of aliphatic hydroxyl groups is 1. The van der Waals surface area contributed by atoms with Gasteiger partial charge < -0.3 is 10.8 Å². The Hall–Kier alpha value is -0.0800. The van der Waals surface area contributed by atoms with Gasteiger partial charge in [0.25, 0.3) is 0 Å². The average Bonchev–Trinajstić information content (AvgIpc) is 2.18. The minimum Gasteiger partial charge on any atom is -0.396 e. The Morgan fingerprint density at radius 2 is 1.87 bits per heavy atom. The molecule has 0 spiro atoms. The van der Waals surface area contributed by atoms with E-state index in [4.69, 9.17) is 5.73 Å². The Morgan fingerprint density at radius 3 is 2.20 bits per heavy atom. The van der Waals surface area contributed by atoms with Gasteiger partial charge in [0, 0.05) is 12.1 Å². The molecule has 0 aliphatic heterocycles. The highest BCUT2D eigenvalue weighted by molar-refractivity contribution is 4.99. The molecular weight excluding hydrogens is 186 g/mol. The summed E-state index contributed by atoms with van der Waals surface area (Å²) in [7, 11) is 0. The molecule has 3 N–H and O–H groups in total. The molecule has 2 nitrogen and oxygen atoms in total. The maximum Gasteiger partial charge on any atom is 0.0437 e. The monoisotopic (exact) mass is 213 g/mol. The summed E-state index contributed by atoms with van der Waals surface area (Å²) in [5.74, 6) is 0.888. The first-order valence-corrected chi connectivity index (χ1v) is 6.35. The lowest BCUT2D eigenvalue weighted by Crippen LogP contribution is -2.52. The summed E-state index contributed by atoms with van der Waals surface area (Å²) < 4.78 is 0. The standard InChI is InChI=1S/C13H27NO/c1-4-11-5-7-13(8-6-11,9-10-15)12(2,3)14/h11,15H,4-10,14H2,1-3H3. The number of hydrogen-bond acceptors (Lipinski definition) is 2. The van der Waals surface area contributed by atoms with Crippen molar-refractivity contribution in [2.24, 2.45) is 17.1 Å². The molecule has 0 atom stereocenters. The molecule has 0 amide bonds. The van der Waals surface area contributed by atoms with Crippen LogP contribution < -0.4 is 5.73 Å². The second-order valence-electron chi connectivity index (χ2n) is 5.83. The lowest BCUT2D eigenvalue weighted by Gasteiger charge is -2.49. The summed E-state index contributed by atoms with van der Waals surface area (Å²) >= 11 is 0. The van der Waals surface area contributed by atoms with E-state index >= 15 is 0 Å². The predicted octanol–water partition coefficient (Wildman–Crippen LogP) is 2.69. The van der Waals surface area contributed by atoms with Crippen LogP contribution in [0, 0.1) is 11.3 Å². The quantitative estimate of drug-likeness (QED) is 0.754. The molecule has 1 saturated carbocycles. The highest BCUT2D eigenvalue weighted by Crippen LogP contribution is 2.48. The summed E-state index contributed by atoms with van der Waals surface area (Å²) in [5, 5.41) is 9.21. The van der Waals surface area contributed by atoms with Gasteiger partial charge in [-0.15, -0.1) is 0 Å². The lowest BCUT2D eigenvalue weighted by molar-refractivity contribution is 0.0382. The van der Waals surface area contributed by atoms with Gasteiger partial charge in [-0.2, -0.15) is 0 Å². The molecule has 1 fully saturated rings. The van der Waals surface area contributed by atoms with E-state index in [0.29, 0.717) is 0 Å². The van der Waals surface area contributed by atoms with Crippen molar-refractivity contribution < 1.29 is 5.11 Å². The minimum atomic E-state index is -0.158. The Bertz CT molecular complexity index is 187. The van der Waals surface area contributed by atoms with Gasteiger partial charge in [-0.3, -0.25) is 0 Å². The van der Waals surface area contributed by atoms with E-state index in [1.165, 1.54) is 32.1 Å². The van der Waals surface area contributed by atoms with Crippen molar-refractivity contribution in [3.8, 4) is 0 Å². The number of rotatable bonds is 4. The van der Waals surface area contributed by atoms with Crippen LogP contribution in [-0.2, 0) is 0 Å². The first-order chi connectivity index (χ1) is 6.95. The Morgan fingerprint density at radius 1 is 1.33 bits per heavy atom. The number of aliphatic hydroxyl groups excluding tert-OH is 1. The van der Waals surface area contributed by atoms with E-state index in [9.17, 15) is 5.11 Å². The molecule has 0 aromatic heterocycles. The van der Waals surface area contributed by atoms with Gasteiger partial charge in [-0.25, -0.2) is 0 Å². The van der Waals surface area contributed by atoms with Gasteiger partial charge in [-0.1, -0.05) is 13.3 Å². The Balaban J connectivity index is 2.69. The van der Waals surface area contributed by atoms with E-state index in [1.807, 2.05) is 0 Å². The van der Waals surface area contributed by atoms with Crippen LogP contribution in [0.5, 0.6) is 0 Å².